The number of aliphatic hydroxyl groups excluding tert-OH is 1. The maximum absolute atomic E-state index is 11.4. The first-order valence-corrected chi connectivity index (χ1v) is 6.25. The van der Waals surface area contributed by atoms with Crippen LogP contribution in [0.5, 0.6) is 0 Å². The third kappa shape index (κ3) is 4.37. The number of hydrogen-bond donors (Lipinski definition) is 3. The zero-order valence-electron chi connectivity index (χ0n) is 11.3. The molecule has 18 heavy (non-hydrogen) atoms. The fourth-order valence-corrected chi connectivity index (χ4v) is 1.86. The first-order chi connectivity index (χ1) is 8.54. The van der Waals surface area contributed by atoms with Crippen LogP contribution in [-0.2, 0) is 6.42 Å². The summed E-state index contributed by atoms with van der Waals surface area (Å²) in [5.41, 5.74) is 3.79. The lowest BCUT2D eigenvalue weighted by molar-refractivity contribution is 0.220. The van der Waals surface area contributed by atoms with Crippen LogP contribution in [0.1, 0.15) is 23.6 Å². The first-order valence-electron chi connectivity index (χ1n) is 6.25. The van der Waals surface area contributed by atoms with Gasteiger partial charge in [-0.25, -0.2) is 4.79 Å². The molecule has 0 aliphatic heterocycles. The lowest BCUT2D eigenvalue weighted by Crippen LogP contribution is -2.42. The average Bonchev–Trinajstić information content (AvgIpc) is 2.32. The molecule has 0 aliphatic carbocycles. The van der Waals surface area contributed by atoms with Gasteiger partial charge in [-0.2, -0.15) is 0 Å². The number of carbonyl (C=O) groups is 1. The molecular formula is C14H22N2O2. The standard InChI is InChI=1S/C14H22N2O2/c1-10-5-4-6-11(2)13(10)7-8-15-14(18)16-12(3)9-17/h4-6,12,17H,7-9H2,1-3H3,(H2,15,16,18)/t12-/m0/s1. The lowest BCUT2D eigenvalue weighted by Gasteiger charge is -2.13. The van der Waals surface area contributed by atoms with Gasteiger partial charge in [0.15, 0.2) is 0 Å². The highest BCUT2D eigenvalue weighted by molar-refractivity contribution is 5.74. The minimum atomic E-state index is -0.234. The van der Waals surface area contributed by atoms with Crippen LogP contribution < -0.4 is 10.6 Å². The summed E-state index contributed by atoms with van der Waals surface area (Å²) in [6.45, 7) is 6.46. The van der Waals surface area contributed by atoms with E-state index in [1.165, 1.54) is 16.7 Å². The van der Waals surface area contributed by atoms with Gasteiger partial charge >= 0.3 is 6.03 Å². The lowest BCUT2D eigenvalue weighted by atomic mass is 10.0. The van der Waals surface area contributed by atoms with Crippen molar-refractivity contribution in [2.75, 3.05) is 13.2 Å². The molecule has 4 nitrogen and oxygen atoms in total. The van der Waals surface area contributed by atoms with Crippen LogP contribution in [0, 0.1) is 13.8 Å². The number of amides is 2. The van der Waals surface area contributed by atoms with Gasteiger partial charge in [0.1, 0.15) is 0 Å². The molecular weight excluding hydrogens is 228 g/mol. The molecule has 1 aromatic rings. The van der Waals surface area contributed by atoms with Crippen LogP contribution in [0.2, 0.25) is 0 Å². The van der Waals surface area contributed by atoms with E-state index in [1.54, 1.807) is 6.92 Å². The van der Waals surface area contributed by atoms with E-state index in [9.17, 15) is 4.79 Å². The number of hydrogen-bond acceptors (Lipinski definition) is 2. The zero-order valence-corrected chi connectivity index (χ0v) is 11.3. The van der Waals surface area contributed by atoms with Crippen molar-refractivity contribution in [3.8, 4) is 0 Å². The molecule has 0 unspecified atom stereocenters. The highest BCUT2D eigenvalue weighted by atomic mass is 16.3. The monoisotopic (exact) mass is 250 g/mol. The normalized spacial score (nSPS) is 12.0. The van der Waals surface area contributed by atoms with E-state index in [2.05, 4.69) is 36.6 Å². The molecule has 0 fully saturated rings. The minimum Gasteiger partial charge on any atom is -0.394 e. The van der Waals surface area contributed by atoms with Gasteiger partial charge in [-0.05, 0) is 43.9 Å². The van der Waals surface area contributed by atoms with Crippen LogP contribution in [0.25, 0.3) is 0 Å². The van der Waals surface area contributed by atoms with Crippen LogP contribution in [0.4, 0.5) is 4.79 Å². The summed E-state index contributed by atoms with van der Waals surface area (Å²) in [6, 6.07) is 5.75. The van der Waals surface area contributed by atoms with Crippen molar-refractivity contribution >= 4 is 6.03 Å². The number of aliphatic hydroxyl groups is 1. The van der Waals surface area contributed by atoms with Crippen molar-refractivity contribution in [3.05, 3.63) is 34.9 Å². The van der Waals surface area contributed by atoms with Crippen molar-refractivity contribution in [2.24, 2.45) is 0 Å². The molecule has 0 aliphatic rings. The summed E-state index contributed by atoms with van der Waals surface area (Å²) in [5.74, 6) is 0. The molecule has 0 saturated carbocycles. The Morgan fingerprint density at radius 3 is 2.50 bits per heavy atom. The molecule has 1 rings (SSSR count). The van der Waals surface area contributed by atoms with Crippen molar-refractivity contribution in [1.29, 1.82) is 0 Å². The third-order valence-electron chi connectivity index (χ3n) is 2.96. The molecule has 0 aromatic heterocycles. The van der Waals surface area contributed by atoms with Crippen LogP contribution in [0.3, 0.4) is 0 Å². The molecule has 1 aromatic carbocycles. The number of rotatable bonds is 5. The van der Waals surface area contributed by atoms with Gasteiger partial charge in [-0.1, -0.05) is 18.2 Å². The minimum absolute atomic E-state index is 0.0513. The second-order valence-electron chi connectivity index (χ2n) is 4.60. The summed E-state index contributed by atoms with van der Waals surface area (Å²) in [7, 11) is 0. The highest BCUT2D eigenvalue weighted by Gasteiger charge is 2.06. The smallest absolute Gasteiger partial charge is 0.315 e. The van der Waals surface area contributed by atoms with Crippen LogP contribution >= 0.6 is 0 Å². The second-order valence-corrected chi connectivity index (χ2v) is 4.60. The summed E-state index contributed by atoms with van der Waals surface area (Å²) in [6.07, 6.45) is 0.819. The van der Waals surface area contributed by atoms with Crippen molar-refractivity contribution < 1.29 is 9.90 Å². The zero-order chi connectivity index (χ0) is 13.5. The van der Waals surface area contributed by atoms with Crippen LogP contribution in [-0.4, -0.2) is 30.3 Å². The van der Waals surface area contributed by atoms with Crippen molar-refractivity contribution in [2.45, 2.75) is 33.2 Å². The van der Waals surface area contributed by atoms with Gasteiger partial charge in [-0.3, -0.25) is 0 Å². The predicted molar refractivity (Wildman–Crippen MR) is 72.7 cm³/mol. The van der Waals surface area contributed by atoms with E-state index < -0.39 is 0 Å². The predicted octanol–water partition coefficient (Wildman–Crippen LogP) is 1.53. The molecule has 0 bridgehead atoms. The molecule has 0 saturated heterocycles. The molecule has 0 radical (unpaired) electrons. The molecule has 2 amide bonds. The Labute approximate surface area is 108 Å². The number of urea groups is 1. The quantitative estimate of drug-likeness (QED) is 0.742. The Morgan fingerprint density at radius 2 is 1.94 bits per heavy atom. The largest absolute Gasteiger partial charge is 0.394 e. The molecule has 4 heteroatoms. The van der Waals surface area contributed by atoms with Gasteiger partial charge < -0.3 is 15.7 Å². The van der Waals surface area contributed by atoms with Gasteiger partial charge in [0, 0.05) is 6.54 Å². The molecule has 3 N–H and O–H groups in total. The van der Waals surface area contributed by atoms with E-state index >= 15 is 0 Å². The van der Waals surface area contributed by atoms with E-state index in [1.807, 2.05) is 6.07 Å². The van der Waals surface area contributed by atoms with Gasteiger partial charge in [0.2, 0.25) is 0 Å². The van der Waals surface area contributed by atoms with Gasteiger partial charge in [0.25, 0.3) is 0 Å². The second kappa shape index (κ2) is 7.01. The van der Waals surface area contributed by atoms with E-state index in [0.717, 1.165) is 6.42 Å². The van der Waals surface area contributed by atoms with E-state index in [4.69, 9.17) is 5.11 Å². The van der Waals surface area contributed by atoms with Crippen molar-refractivity contribution in [3.63, 3.8) is 0 Å². The summed E-state index contributed by atoms with van der Waals surface area (Å²) >= 11 is 0. The third-order valence-corrected chi connectivity index (χ3v) is 2.96. The Balaban J connectivity index is 2.40. The fraction of sp³-hybridized carbons (Fsp3) is 0.500. The van der Waals surface area contributed by atoms with E-state index in [0.29, 0.717) is 6.54 Å². The highest BCUT2D eigenvalue weighted by Crippen LogP contribution is 2.13. The number of benzene rings is 1. The molecule has 0 spiro atoms. The maximum atomic E-state index is 11.4. The first kappa shape index (κ1) is 14.5. The molecule has 0 heterocycles. The van der Waals surface area contributed by atoms with Crippen molar-refractivity contribution in [1.82, 2.24) is 10.6 Å². The van der Waals surface area contributed by atoms with Crippen LogP contribution in [0.15, 0.2) is 18.2 Å². The Bertz CT molecular complexity index is 385. The van der Waals surface area contributed by atoms with Gasteiger partial charge in [0.05, 0.1) is 12.6 Å². The number of carbonyl (C=O) groups excluding carboxylic acids is 1. The number of nitrogens with one attached hydrogen (secondary N) is 2. The molecule has 1 atom stereocenters. The average molecular weight is 250 g/mol. The Kier molecular flexibility index (Phi) is 5.65. The van der Waals surface area contributed by atoms with E-state index in [-0.39, 0.29) is 18.7 Å². The van der Waals surface area contributed by atoms with Gasteiger partial charge in [-0.15, -0.1) is 0 Å². The summed E-state index contributed by atoms with van der Waals surface area (Å²) < 4.78 is 0. The number of aryl methyl sites for hydroxylation is 2. The Morgan fingerprint density at radius 1 is 1.33 bits per heavy atom. The fourth-order valence-electron chi connectivity index (χ4n) is 1.86. The Hall–Kier alpha value is -1.55. The summed E-state index contributed by atoms with van der Waals surface area (Å²) in [4.78, 5) is 11.4. The summed E-state index contributed by atoms with van der Waals surface area (Å²) in [5, 5.41) is 14.3. The maximum Gasteiger partial charge on any atom is 0.315 e. The topological polar surface area (TPSA) is 61.4 Å². The molecule has 100 valence electrons. The SMILES string of the molecule is Cc1cccc(C)c1CCNC(=O)N[C@@H](C)CO.